The minimum absolute atomic E-state index is 0.160. The van der Waals surface area contributed by atoms with E-state index in [0.29, 0.717) is 11.7 Å². The summed E-state index contributed by atoms with van der Waals surface area (Å²) in [7, 11) is 0. The van der Waals surface area contributed by atoms with Gasteiger partial charge in [0.1, 0.15) is 5.82 Å². The predicted octanol–water partition coefficient (Wildman–Crippen LogP) is 0.296. The van der Waals surface area contributed by atoms with Crippen LogP contribution in [0.2, 0.25) is 0 Å². The predicted molar refractivity (Wildman–Crippen MR) is 50.4 cm³/mol. The molecule has 6 N–H and O–H groups in total. The van der Waals surface area contributed by atoms with Crippen LogP contribution in [0, 0.1) is 5.92 Å². The summed E-state index contributed by atoms with van der Waals surface area (Å²) in [4.78, 5) is 0. The highest BCUT2D eigenvalue weighted by Crippen LogP contribution is 2.38. The molecule has 1 unspecified atom stereocenters. The first kappa shape index (κ1) is 8.52. The maximum atomic E-state index is 5.72. The van der Waals surface area contributed by atoms with E-state index >= 15 is 0 Å². The fraction of sp³-hybridized carbons (Fsp3) is 0.625. The number of nitrogens with two attached hydrogens (primary N) is 2. The van der Waals surface area contributed by atoms with E-state index in [0.717, 1.165) is 5.56 Å². The lowest BCUT2D eigenvalue weighted by Gasteiger charge is -2.32. The Bertz CT molecular complexity index is 278. The van der Waals surface area contributed by atoms with E-state index < -0.39 is 0 Å². The lowest BCUT2D eigenvalue weighted by Crippen LogP contribution is -2.36. The average Bonchev–Trinajstić information content (AvgIpc) is 2.43. The standard InChI is InChI=1S/C8H15N5/c9-8-6(4-11-13-8)7(12-10)5-2-1-3-5/h4-5,7,12H,1-3,10H2,(H3,9,11,13). The van der Waals surface area contributed by atoms with Gasteiger partial charge < -0.3 is 5.73 Å². The van der Waals surface area contributed by atoms with Crippen LogP contribution in [-0.4, -0.2) is 10.2 Å². The summed E-state index contributed by atoms with van der Waals surface area (Å²) in [5, 5.41) is 6.60. The van der Waals surface area contributed by atoms with E-state index in [4.69, 9.17) is 11.6 Å². The van der Waals surface area contributed by atoms with Crippen LogP contribution < -0.4 is 17.0 Å². The minimum Gasteiger partial charge on any atom is -0.384 e. The van der Waals surface area contributed by atoms with Crippen molar-refractivity contribution in [2.75, 3.05) is 5.73 Å². The second-order valence-corrected chi connectivity index (χ2v) is 3.57. The first-order valence-electron chi connectivity index (χ1n) is 4.58. The topological polar surface area (TPSA) is 92.7 Å². The van der Waals surface area contributed by atoms with Gasteiger partial charge in [0.05, 0.1) is 12.2 Å². The number of hydrogen-bond donors (Lipinski definition) is 4. The molecule has 0 aliphatic heterocycles. The summed E-state index contributed by atoms with van der Waals surface area (Å²) in [6.07, 6.45) is 5.48. The Morgan fingerprint density at radius 3 is 2.77 bits per heavy atom. The number of aromatic amines is 1. The normalized spacial score (nSPS) is 19.8. The molecule has 1 aliphatic rings. The molecule has 2 rings (SSSR count). The van der Waals surface area contributed by atoms with Crippen LogP contribution in [0.15, 0.2) is 6.20 Å². The van der Waals surface area contributed by atoms with Crippen molar-refractivity contribution in [3.8, 4) is 0 Å². The molecule has 72 valence electrons. The molecular formula is C8H15N5. The summed E-state index contributed by atoms with van der Waals surface area (Å²) in [6, 6.07) is 0.160. The summed E-state index contributed by atoms with van der Waals surface area (Å²) >= 11 is 0. The first-order chi connectivity index (χ1) is 6.33. The van der Waals surface area contributed by atoms with Crippen molar-refractivity contribution in [3.63, 3.8) is 0 Å². The smallest absolute Gasteiger partial charge is 0.123 e. The third-order valence-electron chi connectivity index (χ3n) is 2.84. The van der Waals surface area contributed by atoms with Gasteiger partial charge in [0.15, 0.2) is 0 Å². The second-order valence-electron chi connectivity index (χ2n) is 3.57. The van der Waals surface area contributed by atoms with Gasteiger partial charge in [-0.1, -0.05) is 6.42 Å². The highest BCUT2D eigenvalue weighted by Gasteiger charge is 2.29. The number of hydrazine groups is 1. The largest absolute Gasteiger partial charge is 0.384 e. The van der Waals surface area contributed by atoms with E-state index in [2.05, 4.69) is 15.6 Å². The molecule has 0 amide bonds. The zero-order chi connectivity index (χ0) is 9.26. The number of hydrogen-bond acceptors (Lipinski definition) is 4. The van der Waals surface area contributed by atoms with Crippen molar-refractivity contribution in [2.45, 2.75) is 25.3 Å². The number of nitrogens with zero attached hydrogens (tertiary/aromatic N) is 1. The van der Waals surface area contributed by atoms with Gasteiger partial charge in [-0.15, -0.1) is 0 Å². The third kappa shape index (κ3) is 1.40. The summed E-state index contributed by atoms with van der Waals surface area (Å²) < 4.78 is 0. The molecule has 1 saturated carbocycles. The van der Waals surface area contributed by atoms with Gasteiger partial charge in [0.25, 0.3) is 0 Å². The maximum Gasteiger partial charge on any atom is 0.123 e. The van der Waals surface area contributed by atoms with Crippen LogP contribution in [0.3, 0.4) is 0 Å². The molecule has 1 aromatic heterocycles. The molecule has 1 fully saturated rings. The Labute approximate surface area is 76.8 Å². The molecule has 0 aromatic carbocycles. The van der Waals surface area contributed by atoms with Crippen molar-refractivity contribution >= 4 is 5.82 Å². The molecule has 1 heterocycles. The van der Waals surface area contributed by atoms with E-state index in [1.54, 1.807) is 6.20 Å². The molecule has 1 aromatic rings. The minimum atomic E-state index is 0.160. The van der Waals surface area contributed by atoms with Gasteiger partial charge >= 0.3 is 0 Å². The van der Waals surface area contributed by atoms with Crippen molar-refractivity contribution in [1.29, 1.82) is 0 Å². The Hall–Kier alpha value is -1.07. The molecule has 0 bridgehead atoms. The van der Waals surface area contributed by atoms with Gasteiger partial charge in [-0.25, -0.2) is 0 Å². The number of rotatable bonds is 3. The molecule has 0 saturated heterocycles. The monoisotopic (exact) mass is 181 g/mol. The van der Waals surface area contributed by atoms with Crippen molar-refractivity contribution in [3.05, 3.63) is 11.8 Å². The highest BCUT2D eigenvalue weighted by molar-refractivity contribution is 5.39. The third-order valence-corrected chi connectivity index (χ3v) is 2.84. The van der Waals surface area contributed by atoms with Gasteiger partial charge in [-0.2, -0.15) is 5.10 Å². The number of aromatic nitrogens is 2. The van der Waals surface area contributed by atoms with Gasteiger partial charge in [-0.05, 0) is 18.8 Å². The quantitative estimate of drug-likeness (QED) is 0.398. The van der Waals surface area contributed by atoms with Crippen LogP contribution >= 0.6 is 0 Å². The molecule has 1 atom stereocenters. The number of anilines is 1. The number of nitrogen functional groups attached to an aromatic ring is 1. The van der Waals surface area contributed by atoms with Crippen LogP contribution in [0.5, 0.6) is 0 Å². The molecule has 5 heteroatoms. The van der Waals surface area contributed by atoms with E-state index in [9.17, 15) is 0 Å². The highest BCUT2D eigenvalue weighted by atomic mass is 15.2. The lowest BCUT2D eigenvalue weighted by atomic mass is 9.78. The van der Waals surface area contributed by atoms with Gasteiger partial charge in [0, 0.05) is 5.56 Å². The molecule has 13 heavy (non-hydrogen) atoms. The van der Waals surface area contributed by atoms with Crippen LogP contribution in [0.1, 0.15) is 30.9 Å². The fourth-order valence-corrected chi connectivity index (χ4v) is 1.81. The average molecular weight is 181 g/mol. The maximum absolute atomic E-state index is 5.72. The summed E-state index contributed by atoms with van der Waals surface area (Å²) in [5.74, 6) is 6.73. The van der Waals surface area contributed by atoms with E-state index in [-0.39, 0.29) is 6.04 Å². The Kier molecular flexibility index (Phi) is 2.20. The van der Waals surface area contributed by atoms with E-state index in [1.807, 2.05) is 0 Å². The summed E-state index contributed by atoms with van der Waals surface area (Å²) in [6.45, 7) is 0. The van der Waals surface area contributed by atoms with Gasteiger partial charge in [0.2, 0.25) is 0 Å². The molecular weight excluding hydrogens is 166 g/mol. The second kappa shape index (κ2) is 3.35. The van der Waals surface area contributed by atoms with Gasteiger partial charge in [-0.3, -0.25) is 16.4 Å². The van der Waals surface area contributed by atoms with Crippen LogP contribution in [0.25, 0.3) is 0 Å². The van der Waals surface area contributed by atoms with E-state index in [1.165, 1.54) is 19.3 Å². The molecule has 1 aliphatic carbocycles. The lowest BCUT2D eigenvalue weighted by molar-refractivity contribution is 0.233. The first-order valence-corrected chi connectivity index (χ1v) is 4.58. The summed E-state index contributed by atoms with van der Waals surface area (Å²) in [5.41, 5.74) is 9.52. The fourth-order valence-electron chi connectivity index (χ4n) is 1.81. The van der Waals surface area contributed by atoms with Crippen LogP contribution in [0.4, 0.5) is 5.82 Å². The van der Waals surface area contributed by atoms with Crippen molar-refractivity contribution in [2.24, 2.45) is 11.8 Å². The molecule has 0 spiro atoms. The molecule has 5 nitrogen and oxygen atoms in total. The Balaban J connectivity index is 2.16. The van der Waals surface area contributed by atoms with Crippen molar-refractivity contribution in [1.82, 2.24) is 15.6 Å². The SMILES string of the molecule is NNC(c1cn[nH]c1N)C1CCC1. The van der Waals surface area contributed by atoms with Crippen LogP contribution in [-0.2, 0) is 0 Å². The Morgan fingerprint density at radius 1 is 1.62 bits per heavy atom. The number of H-pyrrole nitrogens is 1. The number of nitrogens with one attached hydrogen (secondary N) is 2. The zero-order valence-corrected chi connectivity index (χ0v) is 7.46. The zero-order valence-electron chi connectivity index (χ0n) is 7.46. The van der Waals surface area contributed by atoms with Crippen molar-refractivity contribution < 1.29 is 0 Å². The Morgan fingerprint density at radius 2 is 2.38 bits per heavy atom. The molecule has 0 radical (unpaired) electrons.